The first-order valence-electron chi connectivity index (χ1n) is 6.70. The fourth-order valence-corrected chi connectivity index (χ4v) is 1.98. The van der Waals surface area contributed by atoms with E-state index in [-0.39, 0.29) is 6.04 Å². The topological polar surface area (TPSA) is 38.5 Å². The maximum absolute atomic E-state index is 6.15. The van der Waals surface area contributed by atoms with Gasteiger partial charge in [-0.2, -0.15) is 5.06 Å². The van der Waals surface area contributed by atoms with Crippen molar-refractivity contribution in [3.05, 3.63) is 35.9 Å². The fourth-order valence-electron chi connectivity index (χ4n) is 1.98. The van der Waals surface area contributed by atoms with Crippen molar-refractivity contribution in [2.24, 2.45) is 11.7 Å². The molecule has 0 heterocycles. The van der Waals surface area contributed by atoms with Gasteiger partial charge in [-0.25, -0.2) is 0 Å². The SMILES string of the molecule is CON(CC(C)C)C[C@@H](N)CCc1ccccc1. The van der Waals surface area contributed by atoms with E-state index >= 15 is 0 Å². The summed E-state index contributed by atoms with van der Waals surface area (Å²) in [6.07, 6.45) is 2.02. The summed E-state index contributed by atoms with van der Waals surface area (Å²) < 4.78 is 0. The van der Waals surface area contributed by atoms with Crippen molar-refractivity contribution in [2.45, 2.75) is 32.7 Å². The fraction of sp³-hybridized carbons (Fsp3) is 0.600. The highest BCUT2D eigenvalue weighted by molar-refractivity contribution is 5.14. The molecule has 0 unspecified atom stereocenters. The Kier molecular flexibility index (Phi) is 6.94. The molecule has 0 saturated heterocycles. The Hall–Kier alpha value is -0.900. The van der Waals surface area contributed by atoms with E-state index in [4.69, 9.17) is 10.6 Å². The van der Waals surface area contributed by atoms with Gasteiger partial charge in [0, 0.05) is 19.1 Å². The molecule has 0 bridgehead atoms. The first kappa shape index (κ1) is 15.2. The maximum atomic E-state index is 6.15. The van der Waals surface area contributed by atoms with Gasteiger partial charge >= 0.3 is 0 Å². The van der Waals surface area contributed by atoms with Gasteiger partial charge in [0.2, 0.25) is 0 Å². The third kappa shape index (κ3) is 6.15. The summed E-state index contributed by atoms with van der Waals surface area (Å²) in [6, 6.07) is 10.6. The van der Waals surface area contributed by atoms with Crippen LogP contribution in [0.25, 0.3) is 0 Å². The number of rotatable bonds is 8. The average molecular weight is 250 g/mol. The quantitative estimate of drug-likeness (QED) is 0.720. The Morgan fingerprint density at radius 3 is 2.39 bits per heavy atom. The van der Waals surface area contributed by atoms with Crippen molar-refractivity contribution in [3.63, 3.8) is 0 Å². The maximum Gasteiger partial charge on any atom is 0.0575 e. The average Bonchev–Trinajstić information content (AvgIpc) is 2.36. The summed E-state index contributed by atoms with van der Waals surface area (Å²) in [5.74, 6) is 0.589. The lowest BCUT2D eigenvalue weighted by Crippen LogP contribution is -2.39. The van der Waals surface area contributed by atoms with E-state index in [2.05, 4.69) is 38.1 Å². The molecule has 0 aliphatic heterocycles. The summed E-state index contributed by atoms with van der Waals surface area (Å²) in [4.78, 5) is 5.34. The van der Waals surface area contributed by atoms with E-state index in [1.54, 1.807) is 7.11 Å². The number of hydrogen-bond donors (Lipinski definition) is 1. The standard InChI is InChI=1S/C15H26N2O/c1-13(2)11-17(18-3)12-15(16)10-9-14-7-5-4-6-8-14/h4-8,13,15H,9-12,16H2,1-3H3/t15-/m0/s1. The van der Waals surface area contributed by atoms with Crippen LogP contribution in [0.15, 0.2) is 30.3 Å². The van der Waals surface area contributed by atoms with Crippen molar-refractivity contribution in [1.29, 1.82) is 0 Å². The molecule has 1 aromatic rings. The number of benzene rings is 1. The molecule has 0 saturated carbocycles. The van der Waals surface area contributed by atoms with Gasteiger partial charge in [0.15, 0.2) is 0 Å². The Labute approximate surface area is 111 Å². The third-order valence-electron chi connectivity index (χ3n) is 2.91. The predicted molar refractivity (Wildman–Crippen MR) is 76.2 cm³/mol. The molecule has 1 aromatic carbocycles. The zero-order chi connectivity index (χ0) is 13.4. The molecule has 18 heavy (non-hydrogen) atoms. The molecule has 0 aliphatic rings. The largest absolute Gasteiger partial charge is 0.326 e. The molecule has 1 atom stereocenters. The molecular formula is C15H26N2O. The van der Waals surface area contributed by atoms with Crippen LogP contribution in [0.4, 0.5) is 0 Å². The number of hydroxylamine groups is 2. The van der Waals surface area contributed by atoms with E-state index in [1.165, 1.54) is 5.56 Å². The highest BCUT2D eigenvalue weighted by Crippen LogP contribution is 2.06. The van der Waals surface area contributed by atoms with Crippen LogP contribution in [-0.4, -0.2) is 31.3 Å². The van der Waals surface area contributed by atoms with E-state index in [0.717, 1.165) is 25.9 Å². The van der Waals surface area contributed by atoms with Crippen LogP contribution >= 0.6 is 0 Å². The lowest BCUT2D eigenvalue weighted by atomic mass is 10.1. The summed E-state index contributed by atoms with van der Waals surface area (Å²) in [5.41, 5.74) is 7.50. The molecule has 0 spiro atoms. The van der Waals surface area contributed by atoms with Gasteiger partial charge < -0.3 is 10.6 Å². The monoisotopic (exact) mass is 250 g/mol. The number of nitrogens with zero attached hydrogens (tertiary/aromatic N) is 1. The zero-order valence-electron chi connectivity index (χ0n) is 11.8. The number of nitrogens with two attached hydrogens (primary N) is 1. The molecule has 0 fully saturated rings. The Morgan fingerprint density at radius 1 is 1.17 bits per heavy atom. The first-order valence-corrected chi connectivity index (χ1v) is 6.70. The summed E-state index contributed by atoms with van der Waals surface area (Å²) in [6.45, 7) is 6.08. The lowest BCUT2D eigenvalue weighted by molar-refractivity contribution is -0.140. The van der Waals surface area contributed by atoms with Crippen molar-refractivity contribution in [2.75, 3.05) is 20.2 Å². The van der Waals surface area contributed by atoms with Crippen molar-refractivity contribution >= 4 is 0 Å². The van der Waals surface area contributed by atoms with Crippen LogP contribution in [0, 0.1) is 5.92 Å². The van der Waals surface area contributed by atoms with Gasteiger partial charge in [-0.15, -0.1) is 0 Å². The minimum atomic E-state index is 0.156. The Morgan fingerprint density at radius 2 is 1.83 bits per heavy atom. The van der Waals surface area contributed by atoms with E-state index in [0.29, 0.717) is 5.92 Å². The van der Waals surface area contributed by atoms with Crippen LogP contribution < -0.4 is 5.73 Å². The van der Waals surface area contributed by atoms with E-state index in [9.17, 15) is 0 Å². The van der Waals surface area contributed by atoms with E-state index in [1.807, 2.05) is 11.1 Å². The Bertz CT molecular complexity index is 314. The van der Waals surface area contributed by atoms with Crippen LogP contribution in [0.3, 0.4) is 0 Å². The zero-order valence-corrected chi connectivity index (χ0v) is 11.8. The van der Waals surface area contributed by atoms with Gasteiger partial charge in [-0.1, -0.05) is 44.2 Å². The van der Waals surface area contributed by atoms with E-state index < -0.39 is 0 Å². The third-order valence-corrected chi connectivity index (χ3v) is 2.91. The highest BCUT2D eigenvalue weighted by atomic mass is 16.7. The Balaban J connectivity index is 2.30. The van der Waals surface area contributed by atoms with Crippen LogP contribution in [0.2, 0.25) is 0 Å². The summed E-state index contributed by atoms with van der Waals surface area (Å²) >= 11 is 0. The lowest BCUT2D eigenvalue weighted by Gasteiger charge is -2.24. The van der Waals surface area contributed by atoms with Crippen molar-refractivity contribution in [1.82, 2.24) is 5.06 Å². The van der Waals surface area contributed by atoms with Crippen molar-refractivity contribution in [3.8, 4) is 0 Å². The van der Waals surface area contributed by atoms with Gasteiger partial charge in [-0.05, 0) is 24.3 Å². The summed E-state index contributed by atoms with van der Waals surface area (Å²) in [5, 5.41) is 1.96. The molecular weight excluding hydrogens is 224 g/mol. The first-order chi connectivity index (χ1) is 8.61. The minimum absolute atomic E-state index is 0.156. The number of hydrogen-bond acceptors (Lipinski definition) is 3. The summed E-state index contributed by atoms with van der Waals surface area (Å²) in [7, 11) is 1.71. The second kappa shape index (κ2) is 8.25. The van der Waals surface area contributed by atoms with Gasteiger partial charge in [0.05, 0.1) is 7.11 Å². The molecule has 3 heteroatoms. The second-order valence-corrected chi connectivity index (χ2v) is 5.21. The van der Waals surface area contributed by atoms with Gasteiger partial charge in [0.25, 0.3) is 0 Å². The van der Waals surface area contributed by atoms with Crippen LogP contribution in [0.5, 0.6) is 0 Å². The molecule has 0 radical (unpaired) electrons. The molecule has 0 aromatic heterocycles. The van der Waals surface area contributed by atoms with Crippen molar-refractivity contribution < 1.29 is 4.84 Å². The van der Waals surface area contributed by atoms with Crippen LogP contribution in [0.1, 0.15) is 25.8 Å². The normalized spacial score (nSPS) is 13.2. The van der Waals surface area contributed by atoms with Gasteiger partial charge in [0.1, 0.15) is 0 Å². The molecule has 1 rings (SSSR count). The molecule has 102 valence electrons. The smallest absolute Gasteiger partial charge is 0.0575 e. The van der Waals surface area contributed by atoms with Gasteiger partial charge in [-0.3, -0.25) is 0 Å². The molecule has 0 aliphatic carbocycles. The number of aryl methyl sites for hydroxylation is 1. The molecule has 0 amide bonds. The minimum Gasteiger partial charge on any atom is -0.326 e. The second-order valence-electron chi connectivity index (χ2n) is 5.21. The highest BCUT2D eigenvalue weighted by Gasteiger charge is 2.11. The van der Waals surface area contributed by atoms with Crippen LogP contribution in [-0.2, 0) is 11.3 Å². The molecule has 2 N–H and O–H groups in total. The molecule has 3 nitrogen and oxygen atoms in total. The predicted octanol–water partition coefficient (Wildman–Crippen LogP) is 2.47.